The first-order chi connectivity index (χ1) is 15.4. The summed E-state index contributed by atoms with van der Waals surface area (Å²) >= 11 is 0. The van der Waals surface area contributed by atoms with E-state index < -0.39 is 17.6 Å². The van der Waals surface area contributed by atoms with E-state index in [2.05, 4.69) is 15.6 Å². The molecule has 2 aromatic heterocycles. The molecule has 176 valence electrons. The Morgan fingerprint density at radius 3 is 2.39 bits per heavy atom. The van der Waals surface area contributed by atoms with Gasteiger partial charge in [0.15, 0.2) is 0 Å². The topological polar surface area (TPSA) is 142 Å². The maximum Gasteiger partial charge on any atom is 0.267 e. The summed E-state index contributed by atoms with van der Waals surface area (Å²) < 4.78 is 21.0. The molecule has 0 aliphatic rings. The molecule has 0 aliphatic heterocycles. The van der Waals surface area contributed by atoms with E-state index in [1.165, 1.54) is 4.68 Å². The van der Waals surface area contributed by atoms with Crippen LogP contribution in [0.2, 0.25) is 0 Å². The Bertz CT molecular complexity index is 1170. The van der Waals surface area contributed by atoms with Crippen LogP contribution >= 0.6 is 0 Å². The number of nitrogens with zero attached hydrogens (tertiary/aromatic N) is 3. The van der Waals surface area contributed by atoms with Gasteiger partial charge in [-0.1, -0.05) is 50.2 Å². The van der Waals surface area contributed by atoms with Gasteiger partial charge in [0.1, 0.15) is 22.8 Å². The van der Waals surface area contributed by atoms with Gasteiger partial charge in [-0.25, -0.2) is 4.68 Å². The van der Waals surface area contributed by atoms with Crippen LogP contribution in [0.1, 0.15) is 62.3 Å². The van der Waals surface area contributed by atoms with E-state index in [4.69, 9.17) is 16.0 Å². The zero-order valence-corrected chi connectivity index (χ0v) is 19.4. The zero-order valence-electron chi connectivity index (χ0n) is 19.4. The number of nitrogen functional groups attached to an aromatic ring is 1. The Morgan fingerprint density at radius 2 is 1.85 bits per heavy atom. The number of carbonyl (C=O) groups is 2. The number of amides is 2. The third-order valence-electron chi connectivity index (χ3n) is 4.93. The summed E-state index contributed by atoms with van der Waals surface area (Å²) in [5, 5.41) is 10.6. The van der Waals surface area contributed by atoms with Gasteiger partial charge in [-0.15, -0.1) is 0 Å². The van der Waals surface area contributed by atoms with Crippen LogP contribution < -0.4 is 16.8 Å². The number of benzene rings is 1. The summed E-state index contributed by atoms with van der Waals surface area (Å²) in [7, 11) is 0. The van der Waals surface area contributed by atoms with Gasteiger partial charge in [0.05, 0.1) is 6.42 Å². The molecule has 0 saturated heterocycles. The molecule has 0 atom stereocenters. The molecule has 5 N–H and O–H groups in total. The number of aromatic nitrogens is 3. The van der Waals surface area contributed by atoms with Crippen LogP contribution in [-0.2, 0) is 17.6 Å². The van der Waals surface area contributed by atoms with Gasteiger partial charge in [-0.3, -0.25) is 14.9 Å². The van der Waals surface area contributed by atoms with E-state index in [0.717, 1.165) is 0 Å². The Labute approximate surface area is 191 Å². The minimum absolute atomic E-state index is 0.0136. The van der Waals surface area contributed by atoms with Crippen LogP contribution in [-0.4, -0.2) is 26.8 Å². The molecule has 0 bridgehead atoms. The van der Waals surface area contributed by atoms with Crippen molar-refractivity contribution < 1.29 is 18.5 Å². The van der Waals surface area contributed by atoms with Crippen LogP contribution in [0.5, 0.6) is 0 Å². The molecule has 0 unspecified atom stereocenters. The lowest BCUT2D eigenvalue weighted by Gasteiger charge is -2.15. The van der Waals surface area contributed by atoms with E-state index in [-0.39, 0.29) is 40.8 Å². The predicted molar refractivity (Wildman–Crippen MR) is 123 cm³/mol. The lowest BCUT2D eigenvalue weighted by Crippen LogP contribution is -2.15. The number of halogens is 1. The summed E-state index contributed by atoms with van der Waals surface area (Å²) in [6, 6.07) is 6.81. The van der Waals surface area contributed by atoms with Crippen molar-refractivity contribution in [3.05, 3.63) is 46.9 Å². The molecule has 10 heteroatoms. The standard InChI is InChI=1S/C23H29FN6O3/c1-12(2)30-20(25)17(21(26)32)19(28-30)14-8-6-13(7-9-14)10-16(31)27-22-18(24)15(29-33-22)11-23(3,4)5/h6-9,12H,10-11,25H2,1-5H3,(H2,26,32)(H,27,31). The van der Waals surface area contributed by atoms with E-state index >= 15 is 0 Å². The second-order valence-electron chi connectivity index (χ2n) is 9.44. The fourth-order valence-corrected chi connectivity index (χ4v) is 3.42. The van der Waals surface area contributed by atoms with Crippen LogP contribution in [0.25, 0.3) is 11.3 Å². The molecule has 0 spiro atoms. The lowest BCUT2D eigenvalue weighted by molar-refractivity contribution is -0.115. The number of hydrogen-bond donors (Lipinski definition) is 3. The number of nitrogens with two attached hydrogens (primary N) is 2. The van der Waals surface area contributed by atoms with E-state index in [1.807, 2.05) is 34.6 Å². The highest BCUT2D eigenvalue weighted by atomic mass is 19.1. The Balaban J connectivity index is 1.74. The molecule has 0 saturated carbocycles. The van der Waals surface area contributed by atoms with Crippen molar-refractivity contribution in [3.8, 4) is 11.3 Å². The molecule has 0 aliphatic carbocycles. The minimum Gasteiger partial charge on any atom is -0.383 e. The molecule has 2 heterocycles. The van der Waals surface area contributed by atoms with Crippen LogP contribution in [0, 0.1) is 11.2 Å². The van der Waals surface area contributed by atoms with Crippen molar-refractivity contribution in [3.63, 3.8) is 0 Å². The van der Waals surface area contributed by atoms with Crippen molar-refractivity contribution in [2.45, 2.75) is 53.5 Å². The molecule has 33 heavy (non-hydrogen) atoms. The van der Waals surface area contributed by atoms with Gasteiger partial charge >= 0.3 is 0 Å². The second kappa shape index (κ2) is 9.05. The number of anilines is 2. The Hall–Kier alpha value is -3.69. The monoisotopic (exact) mass is 456 g/mol. The Kier molecular flexibility index (Phi) is 6.57. The van der Waals surface area contributed by atoms with Gasteiger partial charge in [0, 0.05) is 18.0 Å². The average Bonchev–Trinajstić information content (AvgIpc) is 3.22. The second-order valence-corrected chi connectivity index (χ2v) is 9.44. The SMILES string of the molecule is CC(C)n1nc(-c2ccc(CC(=O)Nc3onc(CC(C)(C)C)c3F)cc2)c(C(N)=O)c1N. The molecular weight excluding hydrogens is 427 g/mol. The minimum atomic E-state index is -0.669. The highest BCUT2D eigenvalue weighted by Gasteiger charge is 2.24. The number of nitrogens with one attached hydrogen (secondary N) is 1. The molecule has 2 amide bonds. The van der Waals surface area contributed by atoms with Crippen molar-refractivity contribution in [2.24, 2.45) is 11.1 Å². The number of rotatable bonds is 7. The summed E-state index contributed by atoms with van der Waals surface area (Å²) in [5.41, 5.74) is 13.4. The highest BCUT2D eigenvalue weighted by molar-refractivity contribution is 6.03. The van der Waals surface area contributed by atoms with Gasteiger partial charge in [-0.05, 0) is 24.8 Å². The lowest BCUT2D eigenvalue weighted by atomic mass is 9.90. The molecule has 0 radical (unpaired) electrons. The highest BCUT2D eigenvalue weighted by Crippen LogP contribution is 2.29. The van der Waals surface area contributed by atoms with Gasteiger partial charge in [0.2, 0.25) is 11.7 Å². The third kappa shape index (κ3) is 5.39. The summed E-state index contributed by atoms with van der Waals surface area (Å²) in [6.45, 7) is 9.65. The molecular formula is C23H29FN6O3. The molecule has 3 rings (SSSR count). The van der Waals surface area contributed by atoms with Crippen LogP contribution in [0.3, 0.4) is 0 Å². The summed E-state index contributed by atoms with van der Waals surface area (Å²) in [4.78, 5) is 24.3. The fourth-order valence-electron chi connectivity index (χ4n) is 3.42. The van der Waals surface area contributed by atoms with Crippen molar-refractivity contribution in [1.82, 2.24) is 14.9 Å². The van der Waals surface area contributed by atoms with Gasteiger partial charge < -0.3 is 16.0 Å². The number of primary amides is 1. The zero-order chi connectivity index (χ0) is 24.5. The van der Waals surface area contributed by atoms with Crippen molar-refractivity contribution in [1.29, 1.82) is 0 Å². The maximum atomic E-state index is 14.5. The van der Waals surface area contributed by atoms with E-state index in [9.17, 15) is 14.0 Å². The largest absolute Gasteiger partial charge is 0.383 e. The van der Waals surface area contributed by atoms with Gasteiger partial charge in [-0.2, -0.15) is 9.49 Å². The molecule has 1 aromatic carbocycles. The average molecular weight is 457 g/mol. The first kappa shape index (κ1) is 24.0. The quantitative estimate of drug-likeness (QED) is 0.495. The molecule has 0 fully saturated rings. The first-order valence-electron chi connectivity index (χ1n) is 10.6. The maximum absolute atomic E-state index is 14.5. The number of carbonyl (C=O) groups excluding carboxylic acids is 2. The summed E-state index contributed by atoms with van der Waals surface area (Å²) in [6.07, 6.45) is 0.365. The summed E-state index contributed by atoms with van der Waals surface area (Å²) in [5.74, 6) is -1.87. The van der Waals surface area contributed by atoms with Crippen LogP contribution in [0.15, 0.2) is 28.8 Å². The first-order valence-corrected chi connectivity index (χ1v) is 10.6. The van der Waals surface area contributed by atoms with E-state index in [0.29, 0.717) is 23.2 Å². The molecule has 3 aromatic rings. The fraction of sp³-hybridized carbons (Fsp3) is 0.391. The van der Waals surface area contributed by atoms with Crippen LogP contribution in [0.4, 0.5) is 16.1 Å². The van der Waals surface area contributed by atoms with Crippen molar-refractivity contribution in [2.75, 3.05) is 11.1 Å². The normalized spacial score (nSPS) is 11.7. The number of hydrogen-bond acceptors (Lipinski definition) is 6. The van der Waals surface area contributed by atoms with Crippen molar-refractivity contribution >= 4 is 23.5 Å². The van der Waals surface area contributed by atoms with E-state index in [1.54, 1.807) is 24.3 Å². The van der Waals surface area contributed by atoms with Gasteiger partial charge in [0.25, 0.3) is 11.8 Å². The molecule has 9 nitrogen and oxygen atoms in total. The predicted octanol–water partition coefficient (Wildman–Crippen LogP) is 3.71. The smallest absolute Gasteiger partial charge is 0.267 e. The third-order valence-corrected chi connectivity index (χ3v) is 4.93. The Morgan fingerprint density at radius 1 is 1.21 bits per heavy atom.